The first-order chi connectivity index (χ1) is 10.8. The average molecular weight is 298 g/mol. The largest absolute Gasteiger partial charge is 0.371 e. The molecular formula is C18H22N2O2. The number of benzene rings is 1. The highest BCUT2D eigenvalue weighted by Crippen LogP contribution is 2.36. The molecule has 0 unspecified atom stereocenters. The minimum atomic E-state index is -0.0760. The third-order valence-electron chi connectivity index (χ3n) is 5.31. The van der Waals surface area contributed by atoms with Crippen molar-refractivity contribution in [3.63, 3.8) is 0 Å². The summed E-state index contributed by atoms with van der Waals surface area (Å²) in [7, 11) is 0. The highest BCUT2D eigenvalue weighted by molar-refractivity contribution is 6.24. The van der Waals surface area contributed by atoms with Gasteiger partial charge in [-0.1, -0.05) is 25.3 Å². The number of carbonyl (C=O) groups is 2. The van der Waals surface area contributed by atoms with Gasteiger partial charge in [0.05, 0.1) is 16.8 Å². The zero-order chi connectivity index (χ0) is 15.1. The predicted octanol–water partition coefficient (Wildman–Crippen LogP) is 3.22. The van der Waals surface area contributed by atoms with Crippen LogP contribution >= 0.6 is 0 Å². The Morgan fingerprint density at radius 3 is 2.32 bits per heavy atom. The smallest absolute Gasteiger partial charge is 0.263 e. The van der Waals surface area contributed by atoms with Gasteiger partial charge < -0.3 is 4.90 Å². The second-order valence-corrected chi connectivity index (χ2v) is 6.67. The molecule has 1 saturated heterocycles. The van der Waals surface area contributed by atoms with Crippen molar-refractivity contribution in [2.24, 2.45) is 0 Å². The summed E-state index contributed by atoms with van der Waals surface area (Å²) in [6.07, 6.45) is 7.72. The number of rotatable bonds is 2. The number of carbonyl (C=O) groups excluding carboxylic acids is 2. The van der Waals surface area contributed by atoms with Gasteiger partial charge in [-0.15, -0.1) is 0 Å². The van der Waals surface area contributed by atoms with E-state index in [4.69, 9.17) is 0 Å². The van der Waals surface area contributed by atoms with Gasteiger partial charge in [0, 0.05) is 19.1 Å². The van der Waals surface area contributed by atoms with Gasteiger partial charge >= 0.3 is 0 Å². The zero-order valence-electron chi connectivity index (χ0n) is 12.9. The first-order valence-corrected chi connectivity index (χ1v) is 8.53. The van der Waals surface area contributed by atoms with Crippen molar-refractivity contribution < 1.29 is 9.59 Å². The quantitative estimate of drug-likeness (QED) is 0.787. The van der Waals surface area contributed by atoms with Crippen molar-refractivity contribution in [2.75, 3.05) is 18.0 Å². The molecule has 2 heterocycles. The van der Waals surface area contributed by atoms with Crippen molar-refractivity contribution in [3.8, 4) is 0 Å². The van der Waals surface area contributed by atoms with Crippen LogP contribution in [-0.2, 0) is 0 Å². The Balaban J connectivity index is 1.71. The van der Waals surface area contributed by atoms with Gasteiger partial charge in [0.25, 0.3) is 11.8 Å². The van der Waals surface area contributed by atoms with Crippen LogP contribution in [0.15, 0.2) is 18.2 Å². The van der Waals surface area contributed by atoms with E-state index in [1.165, 1.54) is 6.42 Å². The number of anilines is 1. The lowest BCUT2D eigenvalue weighted by Gasteiger charge is -2.29. The molecule has 0 atom stereocenters. The third kappa shape index (κ3) is 2.04. The molecule has 1 aromatic carbocycles. The van der Waals surface area contributed by atoms with E-state index in [2.05, 4.69) is 4.90 Å². The Morgan fingerprint density at radius 2 is 1.59 bits per heavy atom. The topological polar surface area (TPSA) is 40.6 Å². The van der Waals surface area contributed by atoms with E-state index >= 15 is 0 Å². The first-order valence-electron chi connectivity index (χ1n) is 8.53. The molecule has 1 aliphatic carbocycles. The molecule has 2 aliphatic heterocycles. The zero-order valence-corrected chi connectivity index (χ0v) is 12.9. The normalized spacial score (nSPS) is 22.5. The SMILES string of the molecule is O=C1c2cccc(N3CCCC3)c2C(=O)N1C1CCCCC1. The molecule has 2 fully saturated rings. The standard InChI is InChI=1S/C18H22N2O2/c21-17-14-9-6-10-15(19-11-4-5-12-19)16(14)18(22)20(17)13-7-2-1-3-8-13/h6,9-10,13H,1-5,7-8,11-12H2. The van der Waals surface area contributed by atoms with Crippen LogP contribution in [0.5, 0.6) is 0 Å². The van der Waals surface area contributed by atoms with Gasteiger partial charge in [-0.05, 0) is 37.8 Å². The highest BCUT2D eigenvalue weighted by atomic mass is 16.2. The summed E-state index contributed by atoms with van der Waals surface area (Å²) in [5.41, 5.74) is 2.23. The molecule has 2 amide bonds. The number of fused-ring (bicyclic) bond motifs is 1. The number of imide groups is 1. The Kier molecular flexibility index (Phi) is 3.40. The summed E-state index contributed by atoms with van der Waals surface area (Å²) in [6, 6.07) is 5.84. The monoisotopic (exact) mass is 298 g/mol. The summed E-state index contributed by atoms with van der Waals surface area (Å²) < 4.78 is 0. The fraction of sp³-hybridized carbons (Fsp3) is 0.556. The van der Waals surface area contributed by atoms with Crippen molar-refractivity contribution in [2.45, 2.75) is 51.0 Å². The summed E-state index contributed by atoms with van der Waals surface area (Å²) in [5, 5.41) is 0. The molecule has 0 spiro atoms. The Hall–Kier alpha value is -1.84. The summed E-state index contributed by atoms with van der Waals surface area (Å²) in [4.78, 5) is 29.5. The average Bonchev–Trinajstić information content (AvgIpc) is 3.16. The molecule has 4 heteroatoms. The fourth-order valence-corrected chi connectivity index (χ4v) is 4.18. The maximum atomic E-state index is 13.0. The number of amides is 2. The van der Waals surface area contributed by atoms with Crippen LogP contribution in [0.4, 0.5) is 5.69 Å². The molecule has 0 aromatic heterocycles. The predicted molar refractivity (Wildman–Crippen MR) is 85.3 cm³/mol. The van der Waals surface area contributed by atoms with Crippen molar-refractivity contribution in [1.82, 2.24) is 4.90 Å². The van der Waals surface area contributed by atoms with Gasteiger partial charge in [-0.3, -0.25) is 14.5 Å². The van der Waals surface area contributed by atoms with Gasteiger partial charge in [0.1, 0.15) is 0 Å². The Labute approximate surface area is 131 Å². The minimum Gasteiger partial charge on any atom is -0.371 e. The van der Waals surface area contributed by atoms with Crippen molar-refractivity contribution in [3.05, 3.63) is 29.3 Å². The second kappa shape index (κ2) is 5.41. The van der Waals surface area contributed by atoms with E-state index in [-0.39, 0.29) is 17.9 Å². The lowest BCUT2D eigenvalue weighted by atomic mass is 9.94. The highest BCUT2D eigenvalue weighted by Gasteiger charge is 2.42. The first kappa shape index (κ1) is 13.8. The summed E-state index contributed by atoms with van der Waals surface area (Å²) in [6.45, 7) is 1.97. The number of nitrogens with zero attached hydrogens (tertiary/aromatic N) is 2. The molecular weight excluding hydrogens is 276 g/mol. The number of hydrogen-bond donors (Lipinski definition) is 0. The van der Waals surface area contributed by atoms with Crippen LogP contribution in [0.3, 0.4) is 0 Å². The van der Waals surface area contributed by atoms with E-state index in [1.807, 2.05) is 18.2 Å². The van der Waals surface area contributed by atoms with Gasteiger partial charge in [0.15, 0.2) is 0 Å². The van der Waals surface area contributed by atoms with Crippen molar-refractivity contribution >= 4 is 17.5 Å². The lowest BCUT2D eigenvalue weighted by molar-refractivity contribution is 0.0549. The van der Waals surface area contributed by atoms with Crippen LogP contribution in [0.1, 0.15) is 65.7 Å². The van der Waals surface area contributed by atoms with Gasteiger partial charge in [-0.2, -0.15) is 0 Å². The summed E-state index contributed by atoms with van der Waals surface area (Å²) >= 11 is 0. The van der Waals surface area contributed by atoms with E-state index in [0.717, 1.165) is 57.3 Å². The number of hydrogen-bond acceptors (Lipinski definition) is 3. The summed E-state index contributed by atoms with van der Waals surface area (Å²) in [5.74, 6) is -0.137. The van der Waals surface area contributed by atoms with Crippen LogP contribution in [0.25, 0.3) is 0 Å². The Bertz CT molecular complexity index is 614. The molecule has 4 rings (SSSR count). The molecule has 22 heavy (non-hydrogen) atoms. The molecule has 0 bridgehead atoms. The molecule has 3 aliphatic rings. The molecule has 0 radical (unpaired) electrons. The Morgan fingerprint density at radius 1 is 0.864 bits per heavy atom. The van der Waals surface area contributed by atoms with Crippen LogP contribution in [0.2, 0.25) is 0 Å². The molecule has 116 valence electrons. The third-order valence-corrected chi connectivity index (χ3v) is 5.31. The maximum absolute atomic E-state index is 13.0. The fourth-order valence-electron chi connectivity index (χ4n) is 4.18. The van der Waals surface area contributed by atoms with E-state index in [1.54, 1.807) is 4.90 Å². The minimum absolute atomic E-state index is 0.0607. The molecule has 1 aromatic rings. The molecule has 4 nitrogen and oxygen atoms in total. The molecule has 1 saturated carbocycles. The van der Waals surface area contributed by atoms with Crippen LogP contribution in [-0.4, -0.2) is 35.8 Å². The van der Waals surface area contributed by atoms with Crippen LogP contribution < -0.4 is 4.90 Å². The van der Waals surface area contributed by atoms with E-state index in [0.29, 0.717) is 11.1 Å². The van der Waals surface area contributed by atoms with Gasteiger partial charge in [-0.25, -0.2) is 0 Å². The molecule has 0 N–H and O–H groups in total. The van der Waals surface area contributed by atoms with E-state index in [9.17, 15) is 9.59 Å². The van der Waals surface area contributed by atoms with Gasteiger partial charge in [0.2, 0.25) is 0 Å². The second-order valence-electron chi connectivity index (χ2n) is 6.67. The maximum Gasteiger partial charge on any atom is 0.263 e. The lowest BCUT2D eigenvalue weighted by Crippen LogP contribution is -2.41. The van der Waals surface area contributed by atoms with Crippen LogP contribution in [0, 0.1) is 0 Å². The van der Waals surface area contributed by atoms with Crippen molar-refractivity contribution in [1.29, 1.82) is 0 Å². The van der Waals surface area contributed by atoms with E-state index < -0.39 is 0 Å².